The number of aryl methyl sites for hydroxylation is 1. The lowest BCUT2D eigenvalue weighted by Crippen LogP contribution is -2.14. The number of imidazole rings is 1. The third-order valence-corrected chi connectivity index (χ3v) is 3.76. The molecule has 1 aromatic carbocycles. The number of aromatic nitrogens is 2. The average molecular weight is 265 g/mol. The molecule has 20 heavy (non-hydrogen) atoms. The minimum absolute atomic E-state index is 0.0558. The van der Waals surface area contributed by atoms with E-state index in [1.807, 2.05) is 4.57 Å². The predicted molar refractivity (Wildman–Crippen MR) is 74.4 cm³/mol. The Morgan fingerprint density at radius 3 is 2.75 bits per heavy atom. The zero-order chi connectivity index (χ0) is 13.9. The SMILES string of the molecule is N#Cc1ccc(C(=O)Cn2cnc3c2CCCC3)cc1. The monoisotopic (exact) mass is 265 g/mol. The van der Waals surface area contributed by atoms with E-state index in [4.69, 9.17) is 5.26 Å². The van der Waals surface area contributed by atoms with Gasteiger partial charge in [0.2, 0.25) is 0 Å². The fourth-order valence-electron chi connectivity index (χ4n) is 2.64. The van der Waals surface area contributed by atoms with Gasteiger partial charge in [0.15, 0.2) is 5.78 Å². The van der Waals surface area contributed by atoms with Gasteiger partial charge in [0.05, 0.1) is 30.2 Å². The molecule has 2 aromatic rings. The quantitative estimate of drug-likeness (QED) is 0.801. The Bertz CT molecular complexity index is 677. The van der Waals surface area contributed by atoms with Crippen LogP contribution in [0.4, 0.5) is 0 Å². The lowest BCUT2D eigenvalue weighted by Gasteiger charge is -2.13. The molecule has 0 fully saturated rings. The van der Waals surface area contributed by atoms with Gasteiger partial charge in [-0.2, -0.15) is 5.26 Å². The number of carbonyl (C=O) groups is 1. The number of carbonyl (C=O) groups excluding carboxylic acids is 1. The highest BCUT2D eigenvalue weighted by atomic mass is 16.1. The first-order valence-corrected chi connectivity index (χ1v) is 6.84. The van der Waals surface area contributed by atoms with E-state index in [1.54, 1.807) is 30.6 Å². The van der Waals surface area contributed by atoms with Gasteiger partial charge in [-0.3, -0.25) is 4.79 Å². The molecule has 4 nitrogen and oxygen atoms in total. The standard InChI is InChI=1S/C16H15N3O/c17-9-12-5-7-13(8-6-12)16(20)10-19-11-18-14-3-1-2-4-15(14)19/h5-8,11H,1-4,10H2. The Morgan fingerprint density at radius 2 is 2.00 bits per heavy atom. The zero-order valence-corrected chi connectivity index (χ0v) is 11.2. The van der Waals surface area contributed by atoms with E-state index in [1.165, 1.54) is 18.5 Å². The number of rotatable bonds is 3. The molecule has 0 unspecified atom stereocenters. The van der Waals surface area contributed by atoms with Crippen molar-refractivity contribution >= 4 is 5.78 Å². The number of fused-ring (bicyclic) bond motifs is 1. The molecule has 3 rings (SSSR count). The Kier molecular flexibility index (Phi) is 3.34. The molecule has 0 amide bonds. The molecule has 0 aliphatic heterocycles. The molecular formula is C16H15N3O. The average Bonchev–Trinajstić information content (AvgIpc) is 2.91. The molecule has 0 N–H and O–H groups in total. The van der Waals surface area contributed by atoms with Crippen LogP contribution in [-0.2, 0) is 19.4 Å². The number of benzene rings is 1. The van der Waals surface area contributed by atoms with Gasteiger partial charge in [0.1, 0.15) is 0 Å². The highest BCUT2D eigenvalue weighted by Gasteiger charge is 2.17. The second-order valence-corrected chi connectivity index (χ2v) is 5.09. The van der Waals surface area contributed by atoms with Gasteiger partial charge in [-0.1, -0.05) is 12.1 Å². The van der Waals surface area contributed by atoms with Gasteiger partial charge in [-0.05, 0) is 37.8 Å². The number of Topliss-reactive ketones (excluding diaryl/α,β-unsaturated/α-hetero) is 1. The van der Waals surface area contributed by atoms with Crippen LogP contribution in [-0.4, -0.2) is 15.3 Å². The largest absolute Gasteiger partial charge is 0.327 e. The molecule has 0 radical (unpaired) electrons. The third-order valence-electron chi connectivity index (χ3n) is 3.76. The molecule has 0 saturated carbocycles. The lowest BCUT2D eigenvalue weighted by molar-refractivity contribution is 0.0971. The summed E-state index contributed by atoms with van der Waals surface area (Å²) in [5.74, 6) is 0.0558. The highest BCUT2D eigenvalue weighted by molar-refractivity contribution is 5.96. The molecule has 1 aliphatic carbocycles. The Morgan fingerprint density at radius 1 is 1.25 bits per heavy atom. The minimum Gasteiger partial charge on any atom is -0.327 e. The molecule has 0 saturated heterocycles. The third kappa shape index (κ3) is 2.35. The van der Waals surface area contributed by atoms with Crippen molar-refractivity contribution in [1.29, 1.82) is 5.26 Å². The number of hydrogen-bond acceptors (Lipinski definition) is 3. The van der Waals surface area contributed by atoms with Crippen molar-refractivity contribution in [3.8, 4) is 6.07 Å². The number of nitriles is 1. The topological polar surface area (TPSA) is 58.7 Å². The van der Waals surface area contributed by atoms with E-state index in [0.717, 1.165) is 18.5 Å². The van der Waals surface area contributed by atoms with E-state index < -0.39 is 0 Å². The van der Waals surface area contributed by atoms with Gasteiger partial charge in [-0.15, -0.1) is 0 Å². The lowest BCUT2D eigenvalue weighted by atomic mass is 10.0. The Balaban J connectivity index is 1.78. The maximum Gasteiger partial charge on any atom is 0.182 e. The van der Waals surface area contributed by atoms with Crippen molar-refractivity contribution in [2.75, 3.05) is 0 Å². The van der Waals surface area contributed by atoms with Crippen molar-refractivity contribution in [3.63, 3.8) is 0 Å². The van der Waals surface area contributed by atoms with E-state index in [2.05, 4.69) is 11.1 Å². The van der Waals surface area contributed by atoms with Gasteiger partial charge in [-0.25, -0.2) is 4.98 Å². The van der Waals surface area contributed by atoms with Gasteiger partial charge in [0.25, 0.3) is 0 Å². The summed E-state index contributed by atoms with van der Waals surface area (Å²) in [6.45, 7) is 0.328. The summed E-state index contributed by atoms with van der Waals surface area (Å²) in [5, 5.41) is 8.76. The van der Waals surface area contributed by atoms with Crippen molar-refractivity contribution in [2.45, 2.75) is 32.2 Å². The van der Waals surface area contributed by atoms with Crippen LogP contribution in [0.25, 0.3) is 0 Å². The van der Waals surface area contributed by atoms with Crippen LogP contribution in [0.2, 0.25) is 0 Å². The maximum absolute atomic E-state index is 12.3. The summed E-state index contributed by atoms with van der Waals surface area (Å²) in [6, 6.07) is 8.83. The zero-order valence-electron chi connectivity index (χ0n) is 11.2. The summed E-state index contributed by atoms with van der Waals surface area (Å²) < 4.78 is 1.97. The van der Waals surface area contributed by atoms with Crippen molar-refractivity contribution in [1.82, 2.24) is 9.55 Å². The van der Waals surface area contributed by atoms with Crippen molar-refractivity contribution in [2.24, 2.45) is 0 Å². The second-order valence-electron chi connectivity index (χ2n) is 5.09. The fraction of sp³-hybridized carbons (Fsp3) is 0.312. The molecule has 100 valence electrons. The number of nitrogens with zero attached hydrogens (tertiary/aromatic N) is 3. The smallest absolute Gasteiger partial charge is 0.182 e. The van der Waals surface area contributed by atoms with Gasteiger partial charge < -0.3 is 4.57 Å². The van der Waals surface area contributed by atoms with E-state index in [0.29, 0.717) is 17.7 Å². The maximum atomic E-state index is 12.3. The minimum atomic E-state index is 0.0558. The molecule has 1 aromatic heterocycles. The second kappa shape index (κ2) is 5.30. The summed E-state index contributed by atoms with van der Waals surface area (Å²) >= 11 is 0. The normalized spacial score (nSPS) is 13.6. The molecule has 1 heterocycles. The molecule has 4 heteroatoms. The number of ketones is 1. The summed E-state index contributed by atoms with van der Waals surface area (Å²) in [5.41, 5.74) is 3.56. The Hall–Kier alpha value is -2.41. The van der Waals surface area contributed by atoms with Gasteiger partial charge in [0, 0.05) is 11.3 Å². The molecular weight excluding hydrogens is 250 g/mol. The van der Waals surface area contributed by atoms with Crippen LogP contribution in [0.3, 0.4) is 0 Å². The van der Waals surface area contributed by atoms with Crippen LogP contribution < -0.4 is 0 Å². The molecule has 1 aliphatic rings. The predicted octanol–water partition coefficient (Wildman–Crippen LogP) is 2.52. The van der Waals surface area contributed by atoms with Crippen LogP contribution in [0.5, 0.6) is 0 Å². The molecule has 0 atom stereocenters. The van der Waals surface area contributed by atoms with Gasteiger partial charge >= 0.3 is 0 Å². The highest BCUT2D eigenvalue weighted by Crippen LogP contribution is 2.20. The summed E-state index contributed by atoms with van der Waals surface area (Å²) in [7, 11) is 0. The van der Waals surface area contributed by atoms with Crippen molar-refractivity contribution < 1.29 is 4.79 Å². The Labute approximate surface area is 117 Å². The fourth-order valence-corrected chi connectivity index (χ4v) is 2.64. The molecule has 0 spiro atoms. The van der Waals surface area contributed by atoms with E-state index in [-0.39, 0.29) is 5.78 Å². The first-order chi connectivity index (χ1) is 9.78. The summed E-state index contributed by atoms with van der Waals surface area (Å²) in [6.07, 6.45) is 6.16. The first kappa shape index (κ1) is 12.6. The van der Waals surface area contributed by atoms with E-state index in [9.17, 15) is 4.79 Å². The van der Waals surface area contributed by atoms with Crippen LogP contribution in [0.1, 0.15) is 40.2 Å². The number of hydrogen-bond donors (Lipinski definition) is 0. The molecule has 0 bridgehead atoms. The van der Waals surface area contributed by atoms with Crippen LogP contribution in [0.15, 0.2) is 30.6 Å². The van der Waals surface area contributed by atoms with E-state index >= 15 is 0 Å². The van der Waals surface area contributed by atoms with Crippen molar-refractivity contribution in [3.05, 3.63) is 53.1 Å². The first-order valence-electron chi connectivity index (χ1n) is 6.84. The van der Waals surface area contributed by atoms with Crippen LogP contribution in [0, 0.1) is 11.3 Å². The summed E-state index contributed by atoms with van der Waals surface area (Å²) in [4.78, 5) is 16.7. The van der Waals surface area contributed by atoms with Crippen LogP contribution >= 0.6 is 0 Å².